The number of nitrogens with one attached hydrogen (secondary N) is 2. The van der Waals surface area contributed by atoms with Gasteiger partial charge in [0.25, 0.3) is 0 Å². The lowest BCUT2D eigenvalue weighted by Gasteiger charge is -1.91. The third-order valence-electron chi connectivity index (χ3n) is 1.27. The van der Waals surface area contributed by atoms with Gasteiger partial charge in [0.2, 0.25) is 0 Å². The molecule has 0 aliphatic rings. The maximum Gasteiger partial charge on any atom is 0.0250 e. The molecular formula is C8H8N2. The van der Waals surface area contributed by atoms with Gasteiger partial charge in [0.15, 0.2) is 0 Å². The van der Waals surface area contributed by atoms with E-state index < -0.39 is 0 Å². The Morgan fingerprint density at radius 2 is 1.10 bits per heavy atom. The first-order valence-electron chi connectivity index (χ1n) is 2.98. The molecule has 50 valence electrons. The van der Waals surface area contributed by atoms with Crippen LogP contribution in [0, 0.1) is 10.8 Å². The lowest BCUT2D eigenvalue weighted by molar-refractivity contribution is 1.51. The summed E-state index contributed by atoms with van der Waals surface area (Å²) in [6.07, 6.45) is 2.57. The van der Waals surface area contributed by atoms with Crippen LogP contribution >= 0.6 is 0 Å². The maximum atomic E-state index is 6.89. The van der Waals surface area contributed by atoms with Gasteiger partial charge >= 0.3 is 0 Å². The maximum absolute atomic E-state index is 6.89. The van der Waals surface area contributed by atoms with Crippen molar-refractivity contribution in [2.45, 2.75) is 0 Å². The molecule has 0 spiro atoms. The predicted octanol–water partition coefficient (Wildman–Crippen LogP) is 1.68. The monoisotopic (exact) mass is 132 g/mol. The second kappa shape index (κ2) is 2.92. The molecule has 0 aliphatic heterocycles. The minimum atomic E-state index is 0.866. The average molecular weight is 132 g/mol. The van der Waals surface area contributed by atoms with Crippen molar-refractivity contribution in [2.75, 3.05) is 0 Å². The SMILES string of the molecule is N=Cc1ccc(C=N)cc1. The smallest absolute Gasteiger partial charge is 0.0250 e. The van der Waals surface area contributed by atoms with E-state index >= 15 is 0 Å². The fourth-order valence-electron chi connectivity index (χ4n) is 0.688. The highest BCUT2D eigenvalue weighted by Crippen LogP contribution is 1.98. The molecule has 0 bridgehead atoms. The summed E-state index contributed by atoms with van der Waals surface area (Å²) >= 11 is 0. The fraction of sp³-hybridized carbons (Fsp3) is 0. The van der Waals surface area contributed by atoms with E-state index in [4.69, 9.17) is 10.8 Å². The first kappa shape index (κ1) is 6.68. The van der Waals surface area contributed by atoms with Gasteiger partial charge in [-0.05, 0) is 11.1 Å². The number of benzene rings is 1. The Bertz CT molecular complexity index is 209. The van der Waals surface area contributed by atoms with Crippen molar-refractivity contribution in [3.63, 3.8) is 0 Å². The molecule has 0 radical (unpaired) electrons. The van der Waals surface area contributed by atoms with E-state index in [1.165, 1.54) is 12.4 Å². The molecule has 2 nitrogen and oxygen atoms in total. The van der Waals surface area contributed by atoms with Crippen LogP contribution in [0.2, 0.25) is 0 Å². The fourth-order valence-corrected chi connectivity index (χ4v) is 0.688. The Morgan fingerprint density at radius 1 is 0.800 bits per heavy atom. The van der Waals surface area contributed by atoms with Gasteiger partial charge in [-0.2, -0.15) is 0 Å². The van der Waals surface area contributed by atoms with Gasteiger partial charge in [0, 0.05) is 12.4 Å². The van der Waals surface area contributed by atoms with E-state index in [0.717, 1.165) is 11.1 Å². The molecule has 0 saturated heterocycles. The van der Waals surface area contributed by atoms with E-state index in [1.807, 2.05) is 24.3 Å². The van der Waals surface area contributed by atoms with Crippen LogP contribution in [-0.2, 0) is 0 Å². The minimum Gasteiger partial charge on any atom is -0.308 e. The Hall–Kier alpha value is -1.44. The zero-order valence-corrected chi connectivity index (χ0v) is 5.46. The van der Waals surface area contributed by atoms with Gasteiger partial charge < -0.3 is 10.8 Å². The Kier molecular flexibility index (Phi) is 1.95. The van der Waals surface area contributed by atoms with Crippen LogP contribution in [0.1, 0.15) is 11.1 Å². The van der Waals surface area contributed by atoms with Crippen LogP contribution < -0.4 is 0 Å². The average Bonchev–Trinajstić information content (AvgIpc) is 2.05. The van der Waals surface area contributed by atoms with Crippen molar-refractivity contribution < 1.29 is 0 Å². The standard InChI is InChI=1S/C8H8N2/c9-5-7-1-2-8(6-10)4-3-7/h1-6,9-10H. The zero-order chi connectivity index (χ0) is 7.40. The van der Waals surface area contributed by atoms with E-state index in [0.29, 0.717) is 0 Å². The van der Waals surface area contributed by atoms with Crippen molar-refractivity contribution in [3.05, 3.63) is 35.4 Å². The van der Waals surface area contributed by atoms with Gasteiger partial charge in [0.1, 0.15) is 0 Å². The molecule has 10 heavy (non-hydrogen) atoms. The van der Waals surface area contributed by atoms with Crippen molar-refractivity contribution in [1.29, 1.82) is 10.8 Å². The molecule has 0 heterocycles. The molecule has 2 heteroatoms. The van der Waals surface area contributed by atoms with Crippen LogP contribution in [0.4, 0.5) is 0 Å². The van der Waals surface area contributed by atoms with Gasteiger partial charge in [-0.1, -0.05) is 24.3 Å². The Morgan fingerprint density at radius 3 is 1.30 bits per heavy atom. The highest BCUT2D eigenvalue weighted by atomic mass is 14.3. The first-order chi connectivity index (χ1) is 4.86. The second-order valence-corrected chi connectivity index (χ2v) is 1.96. The minimum absolute atomic E-state index is 0.866. The number of hydrogen-bond donors (Lipinski definition) is 2. The Labute approximate surface area is 59.5 Å². The van der Waals surface area contributed by atoms with Crippen LogP contribution in [0.25, 0.3) is 0 Å². The molecule has 0 aliphatic carbocycles. The van der Waals surface area contributed by atoms with E-state index in [2.05, 4.69) is 0 Å². The van der Waals surface area contributed by atoms with Crippen LogP contribution in [0.3, 0.4) is 0 Å². The van der Waals surface area contributed by atoms with Gasteiger partial charge in [-0.15, -0.1) is 0 Å². The summed E-state index contributed by atoms with van der Waals surface area (Å²) < 4.78 is 0. The molecule has 1 aromatic carbocycles. The molecule has 0 amide bonds. The predicted molar refractivity (Wildman–Crippen MR) is 42.2 cm³/mol. The molecule has 1 aromatic rings. The normalized spacial score (nSPS) is 8.80. The third kappa shape index (κ3) is 1.29. The number of hydrogen-bond acceptors (Lipinski definition) is 2. The molecule has 1 rings (SSSR count). The highest BCUT2D eigenvalue weighted by Gasteiger charge is 1.85. The van der Waals surface area contributed by atoms with E-state index in [1.54, 1.807) is 0 Å². The largest absolute Gasteiger partial charge is 0.308 e. The van der Waals surface area contributed by atoms with Crippen molar-refractivity contribution in [3.8, 4) is 0 Å². The summed E-state index contributed by atoms with van der Waals surface area (Å²) in [4.78, 5) is 0. The second-order valence-electron chi connectivity index (χ2n) is 1.96. The molecule has 0 atom stereocenters. The van der Waals surface area contributed by atoms with Crippen LogP contribution in [-0.4, -0.2) is 12.4 Å². The summed E-state index contributed by atoms with van der Waals surface area (Å²) in [6, 6.07) is 7.25. The summed E-state index contributed by atoms with van der Waals surface area (Å²) in [6.45, 7) is 0. The van der Waals surface area contributed by atoms with Crippen molar-refractivity contribution in [1.82, 2.24) is 0 Å². The molecular weight excluding hydrogens is 124 g/mol. The first-order valence-corrected chi connectivity index (χ1v) is 2.98. The summed E-state index contributed by atoms with van der Waals surface area (Å²) in [5, 5.41) is 13.8. The van der Waals surface area contributed by atoms with E-state index in [-0.39, 0.29) is 0 Å². The third-order valence-corrected chi connectivity index (χ3v) is 1.27. The zero-order valence-electron chi connectivity index (χ0n) is 5.46. The molecule has 0 aromatic heterocycles. The molecule has 0 saturated carbocycles. The topological polar surface area (TPSA) is 47.7 Å². The van der Waals surface area contributed by atoms with Gasteiger partial charge in [-0.25, -0.2) is 0 Å². The van der Waals surface area contributed by atoms with Crippen molar-refractivity contribution in [2.24, 2.45) is 0 Å². The lowest BCUT2D eigenvalue weighted by Crippen LogP contribution is -1.81. The summed E-state index contributed by atoms with van der Waals surface area (Å²) in [5.74, 6) is 0. The van der Waals surface area contributed by atoms with Gasteiger partial charge in [0.05, 0.1) is 0 Å². The number of rotatable bonds is 2. The highest BCUT2D eigenvalue weighted by molar-refractivity contribution is 5.81. The van der Waals surface area contributed by atoms with Crippen LogP contribution in [0.15, 0.2) is 24.3 Å². The summed E-state index contributed by atoms with van der Waals surface area (Å²) in [5.41, 5.74) is 1.73. The van der Waals surface area contributed by atoms with Crippen molar-refractivity contribution >= 4 is 12.4 Å². The molecule has 0 fully saturated rings. The quantitative estimate of drug-likeness (QED) is 0.575. The van der Waals surface area contributed by atoms with Gasteiger partial charge in [-0.3, -0.25) is 0 Å². The Balaban J connectivity index is 3.00. The summed E-state index contributed by atoms with van der Waals surface area (Å²) in [7, 11) is 0. The lowest BCUT2D eigenvalue weighted by atomic mass is 10.2. The molecule has 0 unspecified atom stereocenters. The van der Waals surface area contributed by atoms with E-state index in [9.17, 15) is 0 Å². The molecule has 2 N–H and O–H groups in total. The van der Waals surface area contributed by atoms with Crippen LogP contribution in [0.5, 0.6) is 0 Å².